The zero-order valence-corrected chi connectivity index (χ0v) is 16.3. The molecule has 3 atom stereocenters. The van der Waals surface area contributed by atoms with Crippen molar-refractivity contribution in [3.63, 3.8) is 0 Å². The third kappa shape index (κ3) is 3.49. The van der Waals surface area contributed by atoms with Gasteiger partial charge in [-0.2, -0.15) is 5.10 Å². The summed E-state index contributed by atoms with van der Waals surface area (Å²) >= 11 is 0. The van der Waals surface area contributed by atoms with Gasteiger partial charge in [0.25, 0.3) is 5.92 Å². The summed E-state index contributed by atoms with van der Waals surface area (Å²) in [5, 5.41) is 25.9. The Morgan fingerprint density at radius 1 is 1.17 bits per heavy atom. The number of phenolic OH excluding ortho intramolecular Hbond substituents is 1. The summed E-state index contributed by atoms with van der Waals surface area (Å²) < 4.78 is 35.2. The van der Waals surface area contributed by atoms with E-state index < -0.39 is 12.0 Å². The molecule has 4 heterocycles. The molecule has 3 unspecified atom stereocenters. The Balaban J connectivity index is 1.29. The number of fused-ring (bicyclic) bond motifs is 2. The fraction of sp³-hybridized carbons (Fsp3) is 0.381. The average molecular weight is 413 g/mol. The molecule has 30 heavy (non-hydrogen) atoms. The normalized spacial score (nSPS) is 24.7. The van der Waals surface area contributed by atoms with Crippen molar-refractivity contribution >= 4 is 0 Å². The molecule has 0 amide bonds. The third-order valence-corrected chi connectivity index (χ3v) is 5.68. The van der Waals surface area contributed by atoms with E-state index in [4.69, 9.17) is 4.74 Å². The van der Waals surface area contributed by atoms with E-state index in [0.717, 1.165) is 11.4 Å². The van der Waals surface area contributed by atoms with Crippen molar-refractivity contribution < 1.29 is 18.6 Å². The molecule has 1 aromatic carbocycles. The number of hydrogen-bond donors (Lipinski definition) is 2. The maximum Gasteiger partial charge on any atom is 0.264 e. The largest absolute Gasteiger partial charge is 0.507 e. The second-order valence-electron chi connectivity index (χ2n) is 7.95. The molecule has 2 aromatic heterocycles. The van der Waals surface area contributed by atoms with Gasteiger partial charge in [-0.1, -0.05) is 0 Å². The van der Waals surface area contributed by atoms with Gasteiger partial charge in [0.05, 0.1) is 23.1 Å². The van der Waals surface area contributed by atoms with E-state index in [2.05, 4.69) is 20.6 Å². The third-order valence-electron chi connectivity index (χ3n) is 5.68. The van der Waals surface area contributed by atoms with Crippen molar-refractivity contribution in [1.82, 2.24) is 25.3 Å². The number of rotatable bonds is 4. The van der Waals surface area contributed by atoms with Gasteiger partial charge in [0.15, 0.2) is 0 Å². The molecule has 0 aliphatic carbocycles. The first-order chi connectivity index (χ1) is 14.4. The van der Waals surface area contributed by atoms with Crippen LogP contribution in [-0.4, -0.2) is 49.2 Å². The molecule has 5 rings (SSSR count). The van der Waals surface area contributed by atoms with E-state index in [1.165, 1.54) is 0 Å². The highest BCUT2D eigenvalue weighted by Gasteiger charge is 2.53. The SMILES string of the molecule is Cc1ccn(-c2ccc(-c3ccc(OC4CC5CC(F)(F)C(C4)N5)nn3)c(O)c2)n1. The molecule has 2 bridgehead atoms. The van der Waals surface area contributed by atoms with Gasteiger partial charge in [-0.25, -0.2) is 13.5 Å². The molecule has 2 saturated heterocycles. The number of nitrogens with one attached hydrogen (secondary N) is 1. The molecule has 0 spiro atoms. The Labute approximate surface area is 171 Å². The predicted molar refractivity (Wildman–Crippen MR) is 105 cm³/mol. The van der Waals surface area contributed by atoms with Gasteiger partial charge in [0, 0.05) is 42.8 Å². The monoisotopic (exact) mass is 413 g/mol. The average Bonchev–Trinajstić information content (AvgIpc) is 3.22. The molecule has 7 nitrogen and oxygen atoms in total. The predicted octanol–water partition coefficient (Wildman–Crippen LogP) is 3.25. The lowest BCUT2D eigenvalue weighted by Crippen LogP contribution is -2.46. The number of alkyl halides is 2. The van der Waals surface area contributed by atoms with Gasteiger partial charge in [0.1, 0.15) is 11.9 Å². The molecule has 9 heteroatoms. The van der Waals surface area contributed by atoms with E-state index in [1.807, 2.05) is 25.3 Å². The number of ether oxygens (including phenoxy) is 1. The molecule has 2 fully saturated rings. The van der Waals surface area contributed by atoms with Crippen LogP contribution in [0.5, 0.6) is 11.6 Å². The number of aromatic hydroxyl groups is 1. The fourth-order valence-electron chi connectivity index (χ4n) is 4.24. The van der Waals surface area contributed by atoms with E-state index in [9.17, 15) is 13.9 Å². The molecule has 3 aromatic rings. The Morgan fingerprint density at radius 3 is 2.70 bits per heavy atom. The maximum absolute atomic E-state index is 13.9. The van der Waals surface area contributed by atoms with Crippen LogP contribution in [0.25, 0.3) is 16.9 Å². The summed E-state index contributed by atoms with van der Waals surface area (Å²) in [4.78, 5) is 0. The number of halogens is 2. The van der Waals surface area contributed by atoms with Crippen molar-refractivity contribution in [3.8, 4) is 28.6 Å². The van der Waals surface area contributed by atoms with E-state index in [-0.39, 0.29) is 36.6 Å². The van der Waals surface area contributed by atoms with Crippen LogP contribution in [0.4, 0.5) is 8.78 Å². The van der Waals surface area contributed by atoms with Crippen molar-refractivity contribution in [1.29, 1.82) is 0 Å². The lowest BCUT2D eigenvalue weighted by atomic mass is 10.0. The highest BCUT2D eigenvalue weighted by Crippen LogP contribution is 2.40. The summed E-state index contributed by atoms with van der Waals surface area (Å²) in [7, 11) is 0. The smallest absolute Gasteiger partial charge is 0.264 e. The molecule has 0 radical (unpaired) electrons. The van der Waals surface area contributed by atoms with Crippen molar-refractivity contribution in [2.45, 2.75) is 50.3 Å². The Morgan fingerprint density at radius 2 is 2.03 bits per heavy atom. The van der Waals surface area contributed by atoms with Crippen LogP contribution in [0.1, 0.15) is 25.0 Å². The molecule has 2 aliphatic rings. The van der Waals surface area contributed by atoms with E-state index >= 15 is 0 Å². The molecule has 0 saturated carbocycles. The number of phenols is 1. The standard InChI is InChI=1S/C21H21F2N5O2/c1-12-6-7-28(27-12)14-2-3-16(18(29)9-14)17-4-5-20(26-25-17)30-15-8-13-11-21(22,23)19(10-15)24-13/h2-7,9,13,15,19,24,29H,8,10-11H2,1H3. The zero-order valence-electron chi connectivity index (χ0n) is 16.3. The van der Waals surface area contributed by atoms with Crippen LogP contribution in [0, 0.1) is 6.92 Å². The first-order valence-corrected chi connectivity index (χ1v) is 9.88. The first-order valence-electron chi connectivity index (χ1n) is 9.88. The van der Waals surface area contributed by atoms with Crippen LogP contribution in [-0.2, 0) is 0 Å². The lowest BCUT2D eigenvalue weighted by molar-refractivity contribution is -0.0195. The number of nitrogens with zero attached hydrogens (tertiary/aromatic N) is 4. The minimum Gasteiger partial charge on any atom is -0.507 e. The lowest BCUT2D eigenvalue weighted by Gasteiger charge is -2.29. The van der Waals surface area contributed by atoms with Gasteiger partial charge < -0.3 is 15.2 Å². The summed E-state index contributed by atoms with van der Waals surface area (Å²) in [6.07, 6.45) is 2.11. The van der Waals surface area contributed by atoms with Crippen LogP contribution in [0.3, 0.4) is 0 Å². The molecular formula is C21H21F2N5O2. The minimum atomic E-state index is -2.68. The quantitative estimate of drug-likeness (QED) is 0.683. The summed E-state index contributed by atoms with van der Waals surface area (Å²) in [6.45, 7) is 1.89. The number of hydrogen-bond acceptors (Lipinski definition) is 6. The Hall–Kier alpha value is -3.07. The van der Waals surface area contributed by atoms with Crippen molar-refractivity contribution in [2.75, 3.05) is 0 Å². The van der Waals surface area contributed by atoms with E-state index in [1.54, 1.807) is 28.9 Å². The zero-order chi connectivity index (χ0) is 20.9. The highest BCUT2D eigenvalue weighted by molar-refractivity contribution is 5.68. The second-order valence-corrected chi connectivity index (χ2v) is 7.95. The van der Waals surface area contributed by atoms with Gasteiger partial charge in [-0.3, -0.25) is 0 Å². The molecule has 2 aliphatic heterocycles. The van der Waals surface area contributed by atoms with Crippen molar-refractivity contribution in [2.24, 2.45) is 0 Å². The van der Waals surface area contributed by atoms with Crippen LogP contribution in [0.15, 0.2) is 42.6 Å². The number of piperidine rings is 1. The number of aromatic nitrogens is 4. The van der Waals surface area contributed by atoms with Gasteiger partial charge in [-0.15, -0.1) is 10.2 Å². The second kappa shape index (κ2) is 7.02. The number of aryl methyl sites for hydroxylation is 1. The summed E-state index contributed by atoms with van der Waals surface area (Å²) in [6, 6.07) is 9.33. The van der Waals surface area contributed by atoms with Gasteiger partial charge in [-0.05, 0) is 37.6 Å². The fourth-order valence-corrected chi connectivity index (χ4v) is 4.24. The van der Waals surface area contributed by atoms with Gasteiger partial charge in [0.2, 0.25) is 5.88 Å². The topological polar surface area (TPSA) is 85.1 Å². The molecular weight excluding hydrogens is 392 g/mol. The molecule has 2 N–H and O–H groups in total. The molecule has 156 valence electrons. The van der Waals surface area contributed by atoms with Crippen LogP contribution in [0.2, 0.25) is 0 Å². The summed E-state index contributed by atoms with van der Waals surface area (Å²) in [5.41, 5.74) is 2.63. The van der Waals surface area contributed by atoms with Crippen LogP contribution >= 0.6 is 0 Å². The van der Waals surface area contributed by atoms with Gasteiger partial charge >= 0.3 is 0 Å². The first kappa shape index (κ1) is 18.9. The summed E-state index contributed by atoms with van der Waals surface area (Å²) in [5.74, 6) is -2.34. The van der Waals surface area contributed by atoms with E-state index in [0.29, 0.717) is 17.7 Å². The van der Waals surface area contributed by atoms with Crippen LogP contribution < -0.4 is 10.1 Å². The maximum atomic E-state index is 13.9. The Kier molecular flexibility index (Phi) is 4.43. The highest BCUT2D eigenvalue weighted by atomic mass is 19.3. The Bertz CT molecular complexity index is 1070. The number of benzene rings is 1. The van der Waals surface area contributed by atoms with Crippen molar-refractivity contribution in [3.05, 3.63) is 48.3 Å². The minimum absolute atomic E-state index is 0.0563.